The number of aldehydes is 1. The van der Waals surface area contributed by atoms with Crippen LogP contribution in [0.1, 0.15) is 123 Å². The van der Waals surface area contributed by atoms with Crippen LogP contribution in [-0.2, 0) is 38.2 Å². The number of likely N-dealkylation sites (tertiary alicyclic amines) is 1. The first kappa shape index (κ1) is 54.5. The summed E-state index contributed by atoms with van der Waals surface area (Å²) in [7, 11) is 0. The zero-order valence-electron chi connectivity index (χ0n) is 39.2. The second-order valence-corrected chi connectivity index (χ2v) is 19.9. The molecule has 5 aliphatic heterocycles. The van der Waals surface area contributed by atoms with E-state index in [0.717, 1.165) is 0 Å². The molecule has 2 N–H and O–H groups in total. The summed E-state index contributed by atoms with van der Waals surface area (Å²) in [5.74, 6) is -3.14. The van der Waals surface area contributed by atoms with Gasteiger partial charge in [-0.25, -0.2) is 4.79 Å². The van der Waals surface area contributed by atoms with Crippen LogP contribution < -0.4 is 5.73 Å². The molecule has 1 saturated carbocycles. The standard InChI is InChI=1S/C21H31F3N2O5.C17H27F3N2O3.C2HF3O.C2H6/c1-19(2,3)17(28)30-16-13-8-11-7-12(26(13)18(29)31-20(4,5)6)15(16)25(10-11)14(27)9-21(22,23)24;1-9-5-10-6-11(21)13(14(9)25-15(24)16(2,3)4)22(8-10)12(23)7-17(18,19)20;3-2(4,5)1-6;1-2/h11-13,15-16H,7-10H2,1-6H3;9-11,13-14H,5-8,21H2,1-4H3;1H;1-2H3/t11?,12-,13+,15?,16+;9-,10?,11+,13?,14-;;/m10../s1/i;;;1D. The molecule has 6 fully saturated rings. The number of nitrogens with two attached hydrogens (primary N) is 1. The van der Waals surface area contributed by atoms with Crippen molar-refractivity contribution in [1.82, 2.24) is 14.7 Å². The Morgan fingerprint density at radius 2 is 1.06 bits per heavy atom. The van der Waals surface area contributed by atoms with Gasteiger partial charge in [0.05, 0.1) is 35.0 Å². The zero-order chi connectivity index (χ0) is 50.6. The van der Waals surface area contributed by atoms with Crippen molar-refractivity contribution in [2.24, 2.45) is 34.3 Å². The predicted molar refractivity (Wildman–Crippen MR) is 213 cm³/mol. The third kappa shape index (κ3) is 15.7. The molecule has 10 atom stereocenters. The van der Waals surface area contributed by atoms with Crippen molar-refractivity contribution in [2.45, 2.75) is 188 Å². The number of carbonyl (C=O) groups excluding carboxylic acids is 6. The lowest BCUT2D eigenvalue weighted by Crippen LogP contribution is -2.61. The predicted octanol–water partition coefficient (Wildman–Crippen LogP) is 7.76. The maximum Gasteiger partial charge on any atom is 0.446 e. The number of carbonyl (C=O) groups is 6. The molecule has 3 amide bonds. The van der Waals surface area contributed by atoms with Crippen molar-refractivity contribution in [1.29, 1.82) is 0 Å². The van der Waals surface area contributed by atoms with Crippen molar-refractivity contribution >= 4 is 36.1 Å². The van der Waals surface area contributed by atoms with Gasteiger partial charge < -0.3 is 29.7 Å². The van der Waals surface area contributed by atoms with Crippen LogP contribution in [-0.4, -0.2) is 130 Å². The highest BCUT2D eigenvalue weighted by Crippen LogP contribution is 2.48. The Morgan fingerprint density at radius 1 is 0.672 bits per heavy atom. The summed E-state index contributed by atoms with van der Waals surface area (Å²) in [4.78, 5) is 75.4. The molecule has 0 aromatic carbocycles. The van der Waals surface area contributed by atoms with Crippen LogP contribution in [0.2, 0.25) is 0 Å². The maximum absolute atomic E-state index is 13.0. The van der Waals surface area contributed by atoms with Gasteiger partial charge in [-0.2, -0.15) is 39.5 Å². The van der Waals surface area contributed by atoms with Gasteiger partial charge in [-0.05, 0) is 106 Å². The van der Waals surface area contributed by atoms with Gasteiger partial charge >= 0.3 is 36.6 Å². The van der Waals surface area contributed by atoms with Gasteiger partial charge in [0.2, 0.25) is 18.1 Å². The minimum absolute atomic E-state index is 0.0248. The molecule has 6 aliphatic rings. The number of hydrogen-bond donors (Lipinski definition) is 1. The molecule has 6 rings (SSSR count). The fourth-order valence-corrected chi connectivity index (χ4v) is 8.65. The molecule has 4 unspecified atom stereocenters. The van der Waals surface area contributed by atoms with Gasteiger partial charge in [0.1, 0.15) is 30.7 Å². The SMILES string of the molecule is CC(C)(C)OC(=O)N1[C@@H]2CC3C[C@H]1[C@H](OC(=O)C(C)(C)C)C2N(C(=O)CC(F)(F)F)C3.C[C@H]1CC2C[C@@H](N)C([C@H]1OC(=O)C(C)(C)C)N(C(=O)CC(F)(F)F)C2.O=CC(F)(F)F.[2H]CC. The van der Waals surface area contributed by atoms with E-state index in [1.54, 1.807) is 69.2 Å². The summed E-state index contributed by atoms with van der Waals surface area (Å²) in [6, 6.07) is -3.13. The van der Waals surface area contributed by atoms with Crippen molar-refractivity contribution in [3.63, 3.8) is 0 Å². The quantitative estimate of drug-likeness (QED) is 0.127. The first-order valence-corrected chi connectivity index (χ1v) is 21.0. The monoisotopic (exact) mass is 941 g/mol. The van der Waals surface area contributed by atoms with Crippen LogP contribution >= 0.6 is 0 Å². The van der Waals surface area contributed by atoms with E-state index in [-0.39, 0.29) is 30.8 Å². The fourth-order valence-electron chi connectivity index (χ4n) is 8.65. The molecule has 13 nitrogen and oxygen atoms in total. The number of esters is 2. The summed E-state index contributed by atoms with van der Waals surface area (Å²) < 4.78 is 131. The summed E-state index contributed by atoms with van der Waals surface area (Å²) in [6.07, 6.45) is -18.0. The highest BCUT2D eigenvalue weighted by Gasteiger charge is 2.63. The van der Waals surface area contributed by atoms with Gasteiger partial charge in [-0.15, -0.1) is 0 Å². The smallest absolute Gasteiger partial charge is 0.446 e. The number of ether oxygens (including phenoxy) is 3. The molecule has 5 heterocycles. The Labute approximate surface area is 370 Å². The number of fused-ring (bicyclic) bond motifs is 6. The maximum atomic E-state index is 13.0. The van der Waals surface area contributed by atoms with E-state index < -0.39 is 126 Å². The van der Waals surface area contributed by atoms with E-state index in [1.807, 2.05) is 6.92 Å². The van der Waals surface area contributed by atoms with Gasteiger partial charge in [0.25, 0.3) is 0 Å². The lowest BCUT2D eigenvalue weighted by molar-refractivity contribution is -0.175. The van der Waals surface area contributed by atoms with E-state index in [2.05, 4.69) is 0 Å². The second-order valence-electron chi connectivity index (χ2n) is 19.9. The van der Waals surface area contributed by atoms with E-state index in [0.29, 0.717) is 32.6 Å². The first-order valence-electron chi connectivity index (χ1n) is 21.7. The van der Waals surface area contributed by atoms with Gasteiger partial charge in [-0.3, -0.25) is 28.9 Å². The number of alkyl halides is 9. The summed E-state index contributed by atoms with van der Waals surface area (Å²) in [5.41, 5.74) is 3.83. The van der Waals surface area contributed by atoms with Crippen molar-refractivity contribution in [3.8, 4) is 0 Å². The van der Waals surface area contributed by atoms with Crippen LogP contribution in [0, 0.1) is 28.6 Å². The minimum Gasteiger partial charge on any atom is -0.459 e. The van der Waals surface area contributed by atoms with E-state index in [9.17, 15) is 63.5 Å². The van der Waals surface area contributed by atoms with Gasteiger partial charge in [0, 0.05) is 20.5 Å². The second kappa shape index (κ2) is 20.8. The molecule has 0 spiro atoms. The molecule has 0 aromatic rings. The van der Waals surface area contributed by atoms with Gasteiger partial charge in [-0.1, -0.05) is 20.7 Å². The fraction of sp³-hybridized carbons (Fsp3) is 0.857. The average Bonchev–Trinajstić information content (AvgIpc) is 3.23. The number of hydrogen-bond acceptors (Lipinski definition) is 10. The van der Waals surface area contributed by atoms with E-state index in [4.69, 9.17) is 26.1 Å². The number of halogens is 9. The highest BCUT2D eigenvalue weighted by molar-refractivity contribution is 5.80. The highest BCUT2D eigenvalue weighted by atomic mass is 19.4. The Morgan fingerprint density at radius 3 is 1.45 bits per heavy atom. The lowest BCUT2D eigenvalue weighted by Gasteiger charge is -2.46. The first-order chi connectivity index (χ1) is 29.2. The summed E-state index contributed by atoms with van der Waals surface area (Å²) in [6.45, 7) is 19.9. The lowest BCUT2D eigenvalue weighted by atomic mass is 9.86. The van der Waals surface area contributed by atoms with Crippen molar-refractivity contribution in [3.05, 3.63) is 0 Å². The van der Waals surface area contributed by atoms with Crippen LogP contribution in [0.5, 0.6) is 0 Å². The topological polar surface area (TPSA) is 166 Å². The van der Waals surface area contributed by atoms with Crippen LogP contribution in [0.3, 0.4) is 0 Å². The van der Waals surface area contributed by atoms with Crippen LogP contribution in [0.4, 0.5) is 44.3 Å². The van der Waals surface area contributed by atoms with Crippen LogP contribution in [0.15, 0.2) is 0 Å². The molecule has 0 aromatic heterocycles. The normalized spacial score (nSPS) is 29.0. The molecular weight excluding hydrogens is 875 g/mol. The average molecular weight is 942 g/mol. The Kier molecular flexibility index (Phi) is 17.7. The summed E-state index contributed by atoms with van der Waals surface area (Å²) >= 11 is 0. The summed E-state index contributed by atoms with van der Waals surface area (Å²) in [5, 5.41) is 0. The molecule has 5 saturated heterocycles. The molecule has 0 radical (unpaired) electrons. The number of nitrogens with zero attached hydrogens (tertiary/aromatic N) is 3. The molecule has 1 aliphatic carbocycles. The Balaban J connectivity index is 0.000000382. The minimum atomic E-state index is -4.64. The molecule has 370 valence electrons. The number of amides is 3. The van der Waals surface area contributed by atoms with Crippen molar-refractivity contribution < 1.29 is 83.9 Å². The van der Waals surface area contributed by atoms with Crippen molar-refractivity contribution in [2.75, 3.05) is 13.1 Å². The molecular formula is C42H65F9N4O9. The third-order valence-corrected chi connectivity index (χ3v) is 11.0. The number of piperidine rings is 3. The molecule has 64 heavy (non-hydrogen) atoms. The van der Waals surface area contributed by atoms with Gasteiger partial charge in [0.15, 0.2) is 0 Å². The van der Waals surface area contributed by atoms with Crippen LogP contribution in [0.25, 0.3) is 0 Å². The zero-order valence-corrected chi connectivity index (χ0v) is 38.2. The largest absolute Gasteiger partial charge is 0.459 e. The Hall–Kier alpha value is -3.85. The third-order valence-electron chi connectivity index (χ3n) is 11.0. The van der Waals surface area contributed by atoms with E-state index in [1.165, 1.54) is 14.7 Å². The Bertz CT molecular complexity index is 1680. The molecule has 22 heteroatoms. The van der Waals surface area contributed by atoms with E-state index >= 15 is 0 Å². The molecule has 5 bridgehead atoms. The number of rotatable bonds is 4.